The fraction of sp³-hybridized carbons (Fsp3) is 0.538. The largest absolute Gasteiger partial charge is 0.392 e. The third kappa shape index (κ3) is 2.46. The van der Waals surface area contributed by atoms with Crippen molar-refractivity contribution in [3.8, 4) is 0 Å². The molecule has 18 heavy (non-hydrogen) atoms. The summed E-state index contributed by atoms with van der Waals surface area (Å²) in [4.78, 5) is 12.8. The van der Waals surface area contributed by atoms with Gasteiger partial charge in [0.1, 0.15) is 5.69 Å². The van der Waals surface area contributed by atoms with Crippen LogP contribution >= 0.6 is 0 Å². The van der Waals surface area contributed by atoms with Crippen LogP contribution in [0.15, 0.2) is 18.2 Å². The normalized spacial score (nSPS) is 19.2. The van der Waals surface area contributed by atoms with E-state index in [4.69, 9.17) is 5.11 Å². The van der Waals surface area contributed by atoms with Crippen molar-refractivity contribution in [3.63, 3.8) is 0 Å². The minimum absolute atomic E-state index is 0.0873. The lowest BCUT2D eigenvalue weighted by Crippen LogP contribution is -2.20. The highest BCUT2D eigenvalue weighted by atomic mass is 16.6. The predicted octanol–water partition coefficient (Wildman–Crippen LogP) is 2.32. The van der Waals surface area contributed by atoms with E-state index in [9.17, 15) is 10.1 Å². The van der Waals surface area contributed by atoms with Crippen molar-refractivity contribution < 1.29 is 10.0 Å². The second-order valence-corrected chi connectivity index (χ2v) is 4.75. The van der Waals surface area contributed by atoms with E-state index in [-0.39, 0.29) is 17.2 Å². The standard InChI is InChI=1S/C13H18N2O3/c1-2-10-5-6-14(8-10)13-7-11(9-16)3-4-12(13)15(17)18/h3-4,7,10,16H,2,5-6,8-9H2,1H3. The number of anilines is 1. The first-order valence-electron chi connectivity index (χ1n) is 6.28. The minimum Gasteiger partial charge on any atom is -0.392 e. The highest BCUT2D eigenvalue weighted by Crippen LogP contribution is 2.33. The van der Waals surface area contributed by atoms with Gasteiger partial charge in [0.15, 0.2) is 0 Å². The molecule has 0 radical (unpaired) electrons. The molecule has 1 fully saturated rings. The van der Waals surface area contributed by atoms with Crippen LogP contribution in [0, 0.1) is 16.0 Å². The second-order valence-electron chi connectivity index (χ2n) is 4.75. The maximum absolute atomic E-state index is 11.0. The van der Waals surface area contributed by atoms with Gasteiger partial charge in [-0.05, 0) is 30.0 Å². The van der Waals surface area contributed by atoms with Gasteiger partial charge in [-0.1, -0.05) is 13.3 Å². The first-order chi connectivity index (χ1) is 8.65. The molecular weight excluding hydrogens is 232 g/mol. The zero-order valence-electron chi connectivity index (χ0n) is 10.5. The molecule has 2 rings (SSSR count). The van der Waals surface area contributed by atoms with Gasteiger partial charge < -0.3 is 10.0 Å². The summed E-state index contributed by atoms with van der Waals surface area (Å²) in [5, 5.41) is 20.2. The van der Waals surface area contributed by atoms with E-state index >= 15 is 0 Å². The van der Waals surface area contributed by atoms with Crippen LogP contribution in [0.5, 0.6) is 0 Å². The molecule has 1 atom stereocenters. The Hall–Kier alpha value is -1.62. The summed E-state index contributed by atoms with van der Waals surface area (Å²) in [7, 11) is 0. The molecule has 1 heterocycles. The van der Waals surface area contributed by atoms with Crippen LogP contribution in [0.1, 0.15) is 25.3 Å². The maximum atomic E-state index is 11.0. The van der Waals surface area contributed by atoms with Crippen molar-refractivity contribution in [2.24, 2.45) is 5.92 Å². The molecule has 0 amide bonds. The molecule has 1 N–H and O–H groups in total. The minimum atomic E-state index is -0.351. The van der Waals surface area contributed by atoms with Crippen molar-refractivity contribution >= 4 is 11.4 Å². The third-order valence-corrected chi connectivity index (χ3v) is 3.62. The van der Waals surface area contributed by atoms with Crippen molar-refractivity contribution in [2.45, 2.75) is 26.4 Å². The Kier molecular flexibility index (Phi) is 3.81. The molecule has 5 heteroatoms. The summed E-state index contributed by atoms with van der Waals surface area (Å²) in [5.74, 6) is 0.613. The summed E-state index contributed by atoms with van der Waals surface area (Å²) in [6.45, 7) is 3.78. The van der Waals surface area contributed by atoms with Gasteiger partial charge in [0.05, 0.1) is 11.5 Å². The molecule has 98 valence electrons. The van der Waals surface area contributed by atoms with Crippen LogP contribution in [0.4, 0.5) is 11.4 Å². The van der Waals surface area contributed by atoms with Crippen LogP contribution in [-0.2, 0) is 6.61 Å². The lowest BCUT2D eigenvalue weighted by atomic mass is 10.1. The number of hydrogen-bond donors (Lipinski definition) is 1. The topological polar surface area (TPSA) is 66.6 Å². The molecule has 0 aromatic heterocycles. The summed E-state index contributed by atoms with van der Waals surface area (Å²) >= 11 is 0. The van der Waals surface area contributed by atoms with Crippen molar-refractivity contribution in [2.75, 3.05) is 18.0 Å². The van der Waals surface area contributed by atoms with Gasteiger partial charge in [-0.2, -0.15) is 0 Å². The molecule has 1 unspecified atom stereocenters. The number of aliphatic hydroxyl groups excluding tert-OH is 1. The number of nitro groups is 1. The van der Waals surface area contributed by atoms with Gasteiger partial charge in [0.2, 0.25) is 0 Å². The molecular formula is C13H18N2O3. The number of rotatable bonds is 4. The predicted molar refractivity (Wildman–Crippen MR) is 69.6 cm³/mol. The highest BCUT2D eigenvalue weighted by molar-refractivity contribution is 5.65. The summed E-state index contributed by atoms with van der Waals surface area (Å²) < 4.78 is 0. The van der Waals surface area contributed by atoms with Gasteiger partial charge >= 0.3 is 0 Å². The maximum Gasteiger partial charge on any atom is 0.292 e. The quantitative estimate of drug-likeness (QED) is 0.658. The van der Waals surface area contributed by atoms with Crippen LogP contribution in [0.2, 0.25) is 0 Å². The molecule has 1 aliphatic heterocycles. The van der Waals surface area contributed by atoms with Gasteiger partial charge in [-0.15, -0.1) is 0 Å². The Balaban J connectivity index is 2.32. The summed E-state index contributed by atoms with van der Waals surface area (Å²) in [6, 6.07) is 4.82. The smallest absolute Gasteiger partial charge is 0.292 e. The molecule has 0 aliphatic carbocycles. The third-order valence-electron chi connectivity index (χ3n) is 3.62. The molecule has 1 saturated heterocycles. The first kappa shape index (κ1) is 12.8. The van der Waals surface area contributed by atoms with E-state index in [0.29, 0.717) is 11.6 Å². The molecule has 0 saturated carbocycles. The average molecular weight is 250 g/mol. The van der Waals surface area contributed by atoms with Crippen LogP contribution < -0.4 is 4.90 Å². The first-order valence-corrected chi connectivity index (χ1v) is 6.28. The second kappa shape index (κ2) is 5.35. The van der Waals surface area contributed by atoms with E-state index in [1.807, 2.05) is 0 Å². The van der Waals surface area contributed by atoms with E-state index in [2.05, 4.69) is 11.8 Å². The van der Waals surface area contributed by atoms with Gasteiger partial charge in [0, 0.05) is 19.2 Å². The zero-order chi connectivity index (χ0) is 13.1. The molecule has 0 bridgehead atoms. The van der Waals surface area contributed by atoms with E-state index < -0.39 is 0 Å². The van der Waals surface area contributed by atoms with E-state index in [1.165, 1.54) is 6.07 Å². The molecule has 1 aliphatic rings. The Morgan fingerprint density at radius 2 is 2.33 bits per heavy atom. The molecule has 5 nitrogen and oxygen atoms in total. The van der Waals surface area contributed by atoms with Gasteiger partial charge in [-0.3, -0.25) is 10.1 Å². The zero-order valence-corrected chi connectivity index (χ0v) is 10.5. The highest BCUT2D eigenvalue weighted by Gasteiger charge is 2.26. The van der Waals surface area contributed by atoms with Crippen molar-refractivity contribution in [3.05, 3.63) is 33.9 Å². The Morgan fingerprint density at radius 1 is 1.56 bits per heavy atom. The Bertz CT molecular complexity index is 448. The number of hydrogen-bond acceptors (Lipinski definition) is 4. The van der Waals surface area contributed by atoms with Crippen LogP contribution in [0.25, 0.3) is 0 Å². The van der Waals surface area contributed by atoms with Crippen molar-refractivity contribution in [1.82, 2.24) is 0 Å². The van der Waals surface area contributed by atoms with Crippen LogP contribution in [-0.4, -0.2) is 23.1 Å². The summed E-state index contributed by atoms with van der Waals surface area (Å²) in [6.07, 6.45) is 2.18. The monoisotopic (exact) mass is 250 g/mol. The molecule has 0 spiro atoms. The number of nitrogens with zero attached hydrogens (tertiary/aromatic N) is 2. The van der Waals surface area contributed by atoms with Crippen LogP contribution in [0.3, 0.4) is 0 Å². The molecule has 1 aromatic carbocycles. The lowest BCUT2D eigenvalue weighted by molar-refractivity contribution is -0.384. The number of nitro benzene ring substituents is 1. The number of benzene rings is 1. The van der Waals surface area contributed by atoms with E-state index in [0.717, 1.165) is 31.5 Å². The lowest BCUT2D eigenvalue weighted by Gasteiger charge is -2.19. The fourth-order valence-corrected chi connectivity index (χ4v) is 2.46. The Morgan fingerprint density at radius 3 is 2.89 bits per heavy atom. The Labute approximate surface area is 106 Å². The average Bonchev–Trinajstić information content (AvgIpc) is 2.86. The fourth-order valence-electron chi connectivity index (χ4n) is 2.46. The SMILES string of the molecule is CCC1CCN(c2cc(CO)ccc2[N+](=O)[O-])C1. The molecule has 1 aromatic rings. The van der Waals surface area contributed by atoms with Gasteiger partial charge in [0.25, 0.3) is 5.69 Å². The van der Waals surface area contributed by atoms with Crippen molar-refractivity contribution in [1.29, 1.82) is 0 Å². The summed E-state index contributed by atoms with van der Waals surface area (Å²) in [5.41, 5.74) is 1.49. The number of aliphatic hydroxyl groups is 1. The van der Waals surface area contributed by atoms with E-state index in [1.54, 1.807) is 12.1 Å². The van der Waals surface area contributed by atoms with Gasteiger partial charge in [-0.25, -0.2) is 0 Å².